The largest absolute Gasteiger partial charge is 0.336 e. The van der Waals surface area contributed by atoms with Crippen LogP contribution in [0.4, 0.5) is 0 Å². The van der Waals surface area contributed by atoms with Gasteiger partial charge in [0.25, 0.3) is 5.91 Å². The molecule has 0 aliphatic carbocycles. The summed E-state index contributed by atoms with van der Waals surface area (Å²) in [5.74, 6) is 0.308. The SMILES string of the molecule is C=CCN1C(=O)CCCC12CCCN(C(=O)c1cccs1)C2. The Morgan fingerprint density at radius 1 is 1.41 bits per heavy atom. The highest BCUT2D eigenvalue weighted by atomic mass is 32.1. The van der Waals surface area contributed by atoms with Crippen molar-refractivity contribution in [2.45, 2.75) is 37.6 Å². The van der Waals surface area contributed by atoms with Crippen LogP contribution >= 0.6 is 11.3 Å². The lowest BCUT2D eigenvalue weighted by atomic mass is 9.79. The predicted molar refractivity (Wildman–Crippen MR) is 87.9 cm³/mol. The number of piperidine rings is 2. The van der Waals surface area contributed by atoms with E-state index in [1.165, 1.54) is 11.3 Å². The van der Waals surface area contributed by atoms with Crippen LogP contribution in [0.5, 0.6) is 0 Å². The van der Waals surface area contributed by atoms with Gasteiger partial charge in [-0.15, -0.1) is 17.9 Å². The van der Waals surface area contributed by atoms with Gasteiger partial charge in [-0.3, -0.25) is 9.59 Å². The van der Waals surface area contributed by atoms with Crippen LogP contribution < -0.4 is 0 Å². The van der Waals surface area contributed by atoms with Crippen LogP contribution in [0.1, 0.15) is 41.8 Å². The predicted octanol–water partition coefficient (Wildman–Crippen LogP) is 2.92. The molecule has 0 saturated carbocycles. The zero-order valence-electron chi connectivity index (χ0n) is 12.8. The Hall–Kier alpha value is -1.62. The molecule has 2 saturated heterocycles. The first kappa shape index (κ1) is 15.3. The first-order valence-corrected chi connectivity index (χ1v) is 8.78. The van der Waals surface area contributed by atoms with Crippen molar-refractivity contribution in [3.8, 4) is 0 Å². The topological polar surface area (TPSA) is 40.6 Å². The van der Waals surface area contributed by atoms with Gasteiger partial charge in [0.15, 0.2) is 0 Å². The molecular formula is C17H22N2O2S. The Morgan fingerprint density at radius 3 is 2.95 bits per heavy atom. The van der Waals surface area contributed by atoms with Gasteiger partial charge >= 0.3 is 0 Å². The van der Waals surface area contributed by atoms with Crippen molar-refractivity contribution >= 4 is 23.2 Å². The van der Waals surface area contributed by atoms with Crippen molar-refractivity contribution in [3.05, 3.63) is 35.0 Å². The minimum atomic E-state index is -0.186. The molecule has 2 aliphatic rings. The molecule has 1 aromatic rings. The van der Waals surface area contributed by atoms with Crippen LogP contribution in [0.25, 0.3) is 0 Å². The van der Waals surface area contributed by atoms with Gasteiger partial charge in [-0.2, -0.15) is 0 Å². The summed E-state index contributed by atoms with van der Waals surface area (Å²) in [5.41, 5.74) is -0.186. The zero-order valence-corrected chi connectivity index (χ0v) is 13.6. The lowest BCUT2D eigenvalue weighted by molar-refractivity contribution is -0.143. The summed E-state index contributed by atoms with van der Waals surface area (Å²) < 4.78 is 0. The second kappa shape index (κ2) is 6.24. The van der Waals surface area contributed by atoms with E-state index in [0.717, 1.165) is 37.1 Å². The third kappa shape index (κ3) is 2.70. The fourth-order valence-electron chi connectivity index (χ4n) is 3.79. The number of rotatable bonds is 3. The Labute approximate surface area is 135 Å². The van der Waals surface area contributed by atoms with Crippen molar-refractivity contribution < 1.29 is 9.59 Å². The van der Waals surface area contributed by atoms with Crippen LogP contribution in [-0.2, 0) is 4.79 Å². The standard InChI is InChI=1S/C17H22N2O2S/c1-2-10-19-15(20)7-3-8-17(19)9-5-11-18(13-17)16(21)14-6-4-12-22-14/h2,4,6,12H,1,3,5,7-11,13H2. The fraction of sp³-hybridized carbons (Fsp3) is 0.529. The highest BCUT2D eigenvalue weighted by Crippen LogP contribution is 2.37. The van der Waals surface area contributed by atoms with Crippen molar-refractivity contribution in [1.29, 1.82) is 0 Å². The highest BCUT2D eigenvalue weighted by Gasteiger charge is 2.45. The average molecular weight is 318 g/mol. The van der Waals surface area contributed by atoms with E-state index in [0.29, 0.717) is 19.5 Å². The molecule has 22 heavy (non-hydrogen) atoms. The molecule has 1 aromatic heterocycles. The van der Waals surface area contributed by atoms with Crippen molar-refractivity contribution in [2.24, 2.45) is 0 Å². The van der Waals surface area contributed by atoms with Gasteiger partial charge in [-0.1, -0.05) is 12.1 Å². The lowest BCUT2D eigenvalue weighted by Crippen LogP contribution is -2.63. The van der Waals surface area contributed by atoms with E-state index in [1.807, 2.05) is 27.3 Å². The molecule has 1 atom stereocenters. The molecule has 1 spiro atoms. The summed E-state index contributed by atoms with van der Waals surface area (Å²) in [4.78, 5) is 29.7. The van der Waals surface area contributed by atoms with Crippen LogP contribution in [-0.4, -0.2) is 46.8 Å². The number of nitrogens with zero attached hydrogens (tertiary/aromatic N) is 2. The van der Waals surface area contributed by atoms with Gasteiger partial charge in [0, 0.05) is 26.1 Å². The molecule has 0 aromatic carbocycles. The van der Waals surface area contributed by atoms with Crippen molar-refractivity contribution in [2.75, 3.05) is 19.6 Å². The molecule has 0 radical (unpaired) electrons. The second-order valence-corrected chi connectivity index (χ2v) is 7.13. The molecule has 2 aliphatic heterocycles. The minimum Gasteiger partial charge on any atom is -0.336 e. The molecule has 1 unspecified atom stereocenters. The number of carbonyl (C=O) groups is 2. The first-order valence-electron chi connectivity index (χ1n) is 7.90. The molecule has 2 fully saturated rings. The number of hydrogen-bond donors (Lipinski definition) is 0. The summed E-state index contributed by atoms with van der Waals surface area (Å²) >= 11 is 1.48. The number of hydrogen-bond acceptors (Lipinski definition) is 3. The molecule has 4 nitrogen and oxygen atoms in total. The molecule has 118 valence electrons. The molecular weight excluding hydrogens is 296 g/mol. The molecule has 3 heterocycles. The zero-order chi connectivity index (χ0) is 15.6. The van der Waals surface area contributed by atoms with Crippen LogP contribution in [0.15, 0.2) is 30.2 Å². The van der Waals surface area contributed by atoms with Crippen LogP contribution in [0.2, 0.25) is 0 Å². The minimum absolute atomic E-state index is 0.102. The van der Waals surface area contributed by atoms with E-state index in [1.54, 1.807) is 6.08 Å². The molecule has 5 heteroatoms. The summed E-state index contributed by atoms with van der Waals surface area (Å²) in [6, 6.07) is 3.79. The summed E-state index contributed by atoms with van der Waals surface area (Å²) in [7, 11) is 0. The average Bonchev–Trinajstić information content (AvgIpc) is 3.05. The van der Waals surface area contributed by atoms with E-state index in [2.05, 4.69) is 6.58 Å². The summed E-state index contributed by atoms with van der Waals surface area (Å²) in [6.45, 7) is 5.81. The molecule has 3 rings (SSSR count). The van der Waals surface area contributed by atoms with Gasteiger partial charge in [-0.25, -0.2) is 0 Å². The van der Waals surface area contributed by atoms with E-state index >= 15 is 0 Å². The smallest absolute Gasteiger partial charge is 0.263 e. The maximum Gasteiger partial charge on any atom is 0.263 e. The summed E-state index contributed by atoms with van der Waals surface area (Å²) in [6.07, 6.45) is 6.27. The Kier molecular flexibility index (Phi) is 4.34. The quantitative estimate of drug-likeness (QED) is 0.804. The van der Waals surface area contributed by atoms with Crippen molar-refractivity contribution in [1.82, 2.24) is 9.80 Å². The molecule has 0 N–H and O–H groups in total. The second-order valence-electron chi connectivity index (χ2n) is 6.18. The van der Waals surface area contributed by atoms with E-state index < -0.39 is 0 Å². The molecule has 0 bridgehead atoms. The Bertz CT molecular complexity index is 565. The third-order valence-electron chi connectivity index (χ3n) is 4.79. The Balaban J connectivity index is 1.82. The maximum absolute atomic E-state index is 12.6. The van der Waals surface area contributed by atoms with E-state index in [4.69, 9.17) is 0 Å². The van der Waals surface area contributed by atoms with Crippen molar-refractivity contribution in [3.63, 3.8) is 0 Å². The van der Waals surface area contributed by atoms with Gasteiger partial charge in [0.1, 0.15) is 0 Å². The number of amides is 2. The highest BCUT2D eigenvalue weighted by molar-refractivity contribution is 7.12. The normalized spacial score (nSPS) is 25.5. The first-order chi connectivity index (χ1) is 10.7. The van der Waals surface area contributed by atoms with Crippen LogP contribution in [0.3, 0.4) is 0 Å². The number of thiophene rings is 1. The monoisotopic (exact) mass is 318 g/mol. The van der Waals surface area contributed by atoms with Gasteiger partial charge < -0.3 is 9.80 Å². The summed E-state index contributed by atoms with van der Waals surface area (Å²) in [5, 5.41) is 1.93. The Morgan fingerprint density at radius 2 is 2.23 bits per heavy atom. The molecule has 2 amide bonds. The lowest BCUT2D eigenvalue weighted by Gasteiger charge is -2.51. The van der Waals surface area contributed by atoms with Gasteiger partial charge in [-0.05, 0) is 37.1 Å². The maximum atomic E-state index is 12.6. The van der Waals surface area contributed by atoms with Gasteiger partial charge in [0.2, 0.25) is 5.91 Å². The fourth-order valence-corrected chi connectivity index (χ4v) is 4.48. The van der Waals surface area contributed by atoms with E-state index in [-0.39, 0.29) is 17.4 Å². The van der Waals surface area contributed by atoms with Crippen LogP contribution in [0, 0.1) is 0 Å². The van der Waals surface area contributed by atoms with E-state index in [9.17, 15) is 9.59 Å². The third-order valence-corrected chi connectivity index (χ3v) is 5.65. The number of likely N-dealkylation sites (tertiary alicyclic amines) is 2. The van der Waals surface area contributed by atoms with Gasteiger partial charge in [0.05, 0.1) is 10.4 Å². The number of carbonyl (C=O) groups excluding carboxylic acids is 2.